The number of aromatic nitrogens is 1. The SMILES string of the molecule is CCOC(=O)c1nc(CN2CC3CCCC(N)C3C2)cs1. The molecule has 0 amide bonds. The predicted molar refractivity (Wildman–Crippen MR) is 82.2 cm³/mol. The van der Waals surface area contributed by atoms with E-state index in [-0.39, 0.29) is 5.97 Å². The number of nitrogens with two attached hydrogens (primary N) is 1. The van der Waals surface area contributed by atoms with E-state index in [1.165, 1.54) is 30.6 Å². The molecule has 0 spiro atoms. The molecule has 2 fully saturated rings. The van der Waals surface area contributed by atoms with Crippen molar-refractivity contribution in [3.8, 4) is 0 Å². The van der Waals surface area contributed by atoms with E-state index in [1.807, 2.05) is 12.3 Å². The smallest absolute Gasteiger partial charge is 0.367 e. The van der Waals surface area contributed by atoms with Crippen molar-refractivity contribution in [2.24, 2.45) is 17.6 Å². The van der Waals surface area contributed by atoms with Crippen LogP contribution in [0, 0.1) is 11.8 Å². The zero-order valence-electron chi connectivity index (χ0n) is 12.5. The Morgan fingerprint density at radius 3 is 3.14 bits per heavy atom. The lowest BCUT2D eigenvalue weighted by Crippen LogP contribution is -2.38. The number of ether oxygens (including phenoxy) is 1. The molecule has 1 aromatic rings. The lowest BCUT2D eigenvalue weighted by Gasteiger charge is -2.29. The molecule has 3 unspecified atom stereocenters. The number of thiazole rings is 1. The minimum Gasteiger partial charge on any atom is -0.461 e. The fourth-order valence-electron chi connectivity index (χ4n) is 3.63. The van der Waals surface area contributed by atoms with Crippen LogP contribution in [0.4, 0.5) is 0 Å². The Morgan fingerprint density at radius 2 is 2.38 bits per heavy atom. The Hall–Kier alpha value is -0.980. The first kappa shape index (κ1) is 14.9. The van der Waals surface area contributed by atoms with Crippen molar-refractivity contribution in [1.82, 2.24) is 9.88 Å². The number of rotatable bonds is 4. The van der Waals surface area contributed by atoms with Gasteiger partial charge in [0.1, 0.15) is 0 Å². The molecule has 21 heavy (non-hydrogen) atoms. The summed E-state index contributed by atoms with van der Waals surface area (Å²) in [6.07, 6.45) is 3.73. The van der Waals surface area contributed by atoms with Gasteiger partial charge in [-0.1, -0.05) is 6.42 Å². The molecule has 2 aliphatic rings. The van der Waals surface area contributed by atoms with Crippen LogP contribution in [-0.2, 0) is 11.3 Å². The van der Waals surface area contributed by atoms with Gasteiger partial charge in [-0.25, -0.2) is 9.78 Å². The van der Waals surface area contributed by atoms with Gasteiger partial charge < -0.3 is 10.5 Å². The molecule has 1 aliphatic carbocycles. The summed E-state index contributed by atoms with van der Waals surface area (Å²) in [7, 11) is 0. The Kier molecular flexibility index (Phi) is 4.57. The molecule has 0 aromatic carbocycles. The third kappa shape index (κ3) is 3.27. The van der Waals surface area contributed by atoms with E-state index in [0.717, 1.165) is 31.2 Å². The van der Waals surface area contributed by atoms with E-state index in [0.29, 0.717) is 23.6 Å². The van der Waals surface area contributed by atoms with Crippen molar-refractivity contribution in [1.29, 1.82) is 0 Å². The second-order valence-corrected chi connectivity index (χ2v) is 6.94. The molecule has 0 bridgehead atoms. The molecule has 2 heterocycles. The molecule has 0 radical (unpaired) electrons. The van der Waals surface area contributed by atoms with Gasteiger partial charge in [0.15, 0.2) is 0 Å². The van der Waals surface area contributed by atoms with Crippen LogP contribution in [0.1, 0.15) is 41.7 Å². The Morgan fingerprint density at radius 1 is 1.52 bits per heavy atom. The van der Waals surface area contributed by atoms with Crippen molar-refractivity contribution < 1.29 is 9.53 Å². The van der Waals surface area contributed by atoms with Gasteiger partial charge in [-0.15, -0.1) is 11.3 Å². The summed E-state index contributed by atoms with van der Waals surface area (Å²) in [5, 5.41) is 2.42. The first-order chi connectivity index (χ1) is 10.2. The number of nitrogens with zero attached hydrogens (tertiary/aromatic N) is 2. The van der Waals surface area contributed by atoms with E-state index in [2.05, 4.69) is 9.88 Å². The number of hydrogen-bond acceptors (Lipinski definition) is 6. The van der Waals surface area contributed by atoms with Crippen LogP contribution in [0.25, 0.3) is 0 Å². The molecule has 1 saturated heterocycles. The summed E-state index contributed by atoms with van der Waals surface area (Å²) in [6.45, 7) is 5.20. The van der Waals surface area contributed by atoms with Crippen molar-refractivity contribution in [3.05, 3.63) is 16.1 Å². The quantitative estimate of drug-likeness (QED) is 0.860. The summed E-state index contributed by atoms with van der Waals surface area (Å²) >= 11 is 1.37. The van der Waals surface area contributed by atoms with Gasteiger partial charge in [-0.2, -0.15) is 0 Å². The number of esters is 1. The highest BCUT2D eigenvalue weighted by molar-refractivity contribution is 7.11. The molecule has 1 aromatic heterocycles. The minimum absolute atomic E-state index is 0.314. The highest BCUT2D eigenvalue weighted by Crippen LogP contribution is 2.36. The molecular weight excluding hydrogens is 286 g/mol. The highest BCUT2D eigenvalue weighted by atomic mass is 32.1. The molecule has 3 atom stereocenters. The largest absolute Gasteiger partial charge is 0.461 e. The van der Waals surface area contributed by atoms with Crippen LogP contribution in [0.15, 0.2) is 5.38 Å². The number of likely N-dealkylation sites (tertiary alicyclic amines) is 1. The van der Waals surface area contributed by atoms with Crippen LogP contribution in [0.5, 0.6) is 0 Å². The Bertz CT molecular complexity index is 505. The molecule has 1 saturated carbocycles. The van der Waals surface area contributed by atoms with Gasteiger partial charge in [-0.05, 0) is 31.6 Å². The maximum Gasteiger partial charge on any atom is 0.367 e. The average molecular weight is 309 g/mol. The average Bonchev–Trinajstić information content (AvgIpc) is 3.07. The molecule has 6 heteroatoms. The van der Waals surface area contributed by atoms with Crippen molar-refractivity contribution >= 4 is 17.3 Å². The lowest BCUT2D eigenvalue weighted by molar-refractivity contribution is 0.0525. The zero-order chi connectivity index (χ0) is 14.8. The third-order valence-electron chi connectivity index (χ3n) is 4.62. The second-order valence-electron chi connectivity index (χ2n) is 6.08. The van der Waals surface area contributed by atoms with Gasteiger partial charge in [-0.3, -0.25) is 4.90 Å². The lowest BCUT2D eigenvalue weighted by atomic mass is 9.78. The summed E-state index contributed by atoms with van der Waals surface area (Å²) in [5.74, 6) is 1.07. The van der Waals surface area contributed by atoms with Crippen molar-refractivity contribution in [2.75, 3.05) is 19.7 Å². The molecule has 116 valence electrons. The molecule has 3 rings (SSSR count). The maximum absolute atomic E-state index is 11.6. The summed E-state index contributed by atoms with van der Waals surface area (Å²) in [5.41, 5.74) is 7.22. The maximum atomic E-state index is 11.6. The molecule has 1 aliphatic heterocycles. The number of fused-ring (bicyclic) bond motifs is 1. The summed E-state index contributed by atoms with van der Waals surface area (Å²) in [4.78, 5) is 18.5. The van der Waals surface area contributed by atoms with E-state index in [1.54, 1.807) is 0 Å². The van der Waals surface area contributed by atoms with Gasteiger partial charge >= 0.3 is 5.97 Å². The highest BCUT2D eigenvalue weighted by Gasteiger charge is 2.38. The van der Waals surface area contributed by atoms with Crippen LogP contribution in [-0.4, -0.2) is 41.6 Å². The second kappa shape index (κ2) is 6.42. The summed E-state index contributed by atoms with van der Waals surface area (Å²) in [6, 6.07) is 0.360. The van der Waals surface area contributed by atoms with Gasteiger partial charge in [0.2, 0.25) is 5.01 Å². The predicted octanol–water partition coefficient (Wildman–Crippen LogP) is 1.88. The Balaban J connectivity index is 1.59. The normalized spacial score (nSPS) is 29.3. The first-order valence-electron chi connectivity index (χ1n) is 7.76. The Labute approximate surface area is 129 Å². The number of carbonyl (C=O) groups is 1. The first-order valence-corrected chi connectivity index (χ1v) is 8.64. The van der Waals surface area contributed by atoms with E-state index < -0.39 is 0 Å². The van der Waals surface area contributed by atoms with Gasteiger partial charge in [0.05, 0.1) is 12.3 Å². The minimum atomic E-state index is -0.314. The zero-order valence-corrected chi connectivity index (χ0v) is 13.3. The summed E-state index contributed by atoms with van der Waals surface area (Å²) < 4.78 is 4.98. The molecule has 2 N–H and O–H groups in total. The van der Waals surface area contributed by atoms with Gasteiger partial charge in [0.25, 0.3) is 0 Å². The monoisotopic (exact) mass is 309 g/mol. The van der Waals surface area contributed by atoms with E-state index in [4.69, 9.17) is 10.5 Å². The molecular formula is C15H23N3O2S. The number of hydrogen-bond donors (Lipinski definition) is 1. The molecule has 5 nitrogen and oxygen atoms in total. The van der Waals surface area contributed by atoms with Crippen molar-refractivity contribution in [3.63, 3.8) is 0 Å². The standard InChI is InChI=1S/C15H23N3O2S/c1-2-20-15(19)14-17-11(9-21-14)7-18-6-10-4-3-5-13(16)12(10)8-18/h9-10,12-13H,2-8,16H2,1H3. The fraction of sp³-hybridized carbons (Fsp3) is 0.733. The van der Waals surface area contributed by atoms with Crippen LogP contribution in [0.2, 0.25) is 0 Å². The van der Waals surface area contributed by atoms with E-state index in [9.17, 15) is 4.79 Å². The van der Waals surface area contributed by atoms with Crippen LogP contribution in [0.3, 0.4) is 0 Å². The number of carbonyl (C=O) groups excluding carboxylic acids is 1. The van der Waals surface area contributed by atoms with Crippen molar-refractivity contribution in [2.45, 2.75) is 38.8 Å². The van der Waals surface area contributed by atoms with Crippen LogP contribution < -0.4 is 5.73 Å². The van der Waals surface area contributed by atoms with Crippen LogP contribution >= 0.6 is 11.3 Å². The topological polar surface area (TPSA) is 68.5 Å². The van der Waals surface area contributed by atoms with Gasteiger partial charge in [0, 0.05) is 31.1 Å². The van der Waals surface area contributed by atoms with E-state index >= 15 is 0 Å². The third-order valence-corrected chi connectivity index (χ3v) is 5.49. The fourth-order valence-corrected chi connectivity index (χ4v) is 4.33.